The molecule has 2 N–H and O–H groups in total. The van der Waals surface area contributed by atoms with Gasteiger partial charge in [-0.25, -0.2) is 0 Å². The average molecular weight is 288 g/mol. The van der Waals surface area contributed by atoms with E-state index in [0.29, 0.717) is 17.8 Å². The van der Waals surface area contributed by atoms with E-state index in [9.17, 15) is 5.11 Å². The van der Waals surface area contributed by atoms with Gasteiger partial charge in [-0.3, -0.25) is 4.90 Å². The Morgan fingerprint density at radius 2 is 2.00 bits per heavy atom. The van der Waals surface area contributed by atoms with Crippen LogP contribution in [-0.2, 0) is 6.54 Å². The number of rotatable bonds is 5. The molecule has 116 valence electrons. The van der Waals surface area contributed by atoms with Gasteiger partial charge in [-0.1, -0.05) is 32.4 Å². The number of phenolic OH excluding ortho intramolecular Hbond substituents is 1. The van der Waals surface area contributed by atoms with Crippen molar-refractivity contribution in [2.24, 2.45) is 11.8 Å². The highest BCUT2D eigenvalue weighted by atomic mass is 16.3. The minimum absolute atomic E-state index is 0.355. The van der Waals surface area contributed by atoms with Crippen molar-refractivity contribution in [1.82, 2.24) is 10.2 Å². The summed E-state index contributed by atoms with van der Waals surface area (Å²) < 4.78 is 0. The van der Waals surface area contributed by atoms with Crippen LogP contribution in [0, 0.1) is 11.8 Å². The van der Waals surface area contributed by atoms with Crippen LogP contribution in [0.5, 0.6) is 5.75 Å². The van der Waals surface area contributed by atoms with Crippen LogP contribution in [-0.4, -0.2) is 35.2 Å². The molecule has 3 nitrogen and oxygen atoms in total. The van der Waals surface area contributed by atoms with E-state index < -0.39 is 0 Å². The Balaban J connectivity index is 1.70. The first-order chi connectivity index (χ1) is 10.2. The maximum Gasteiger partial charge on any atom is 0.115 e. The molecule has 3 rings (SSSR count). The lowest BCUT2D eigenvalue weighted by atomic mass is 9.93. The molecule has 1 saturated carbocycles. The van der Waals surface area contributed by atoms with Crippen LogP contribution in [0.25, 0.3) is 0 Å². The molecule has 1 saturated heterocycles. The Hall–Kier alpha value is -1.06. The first-order valence-electron chi connectivity index (χ1n) is 8.42. The fourth-order valence-electron chi connectivity index (χ4n) is 3.52. The summed E-state index contributed by atoms with van der Waals surface area (Å²) in [6.07, 6.45) is 4.03. The van der Waals surface area contributed by atoms with Crippen molar-refractivity contribution in [2.75, 3.05) is 13.1 Å². The second kappa shape index (κ2) is 6.37. The number of nitrogens with zero attached hydrogens (tertiary/aromatic N) is 1. The van der Waals surface area contributed by atoms with Gasteiger partial charge in [-0.15, -0.1) is 0 Å². The van der Waals surface area contributed by atoms with Gasteiger partial charge >= 0.3 is 0 Å². The van der Waals surface area contributed by atoms with Gasteiger partial charge in [-0.2, -0.15) is 0 Å². The molecule has 0 radical (unpaired) electrons. The van der Waals surface area contributed by atoms with Crippen molar-refractivity contribution >= 4 is 0 Å². The first kappa shape index (κ1) is 14.9. The Labute approximate surface area is 128 Å². The van der Waals surface area contributed by atoms with E-state index in [2.05, 4.69) is 36.2 Å². The van der Waals surface area contributed by atoms with Gasteiger partial charge in [0.15, 0.2) is 0 Å². The van der Waals surface area contributed by atoms with Crippen LogP contribution in [0.15, 0.2) is 24.3 Å². The first-order valence-corrected chi connectivity index (χ1v) is 8.42. The largest absolute Gasteiger partial charge is 0.508 e. The molecule has 1 aromatic carbocycles. The third-order valence-electron chi connectivity index (χ3n) is 5.30. The number of hydrogen-bond donors (Lipinski definition) is 2. The van der Waals surface area contributed by atoms with E-state index in [1.54, 1.807) is 12.1 Å². The summed E-state index contributed by atoms with van der Waals surface area (Å²) in [4.78, 5) is 2.67. The quantitative estimate of drug-likeness (QED) is 0.874. The number of piperazine rings is 1. The molecular weight excluding hydrogens is 260 g/mol. The Kier molecular flexibility index (Phi) is 4.51. The molecule has 2 fully saturated rings. The average Bonchev–Trinajstić information content (AvgIpc) is 3.33. The predicted molar refractivity (Wildman–Crippen MR) is 86.3 cm³/mol. The van der Waals surface area contributed by atoms with Gasteiger partial charge in [0.2, 0.25) is 0 Å². The number of aromatic hydroxyl groups is 1. The van der Waals surface area contributed by atoms with E-state index in [1.807, 2.05) is 0 Å². The molecular formula is C18H28N2O. The van der Waals surface area contributed by atoms with Crippen LogP contribution < -0.4 is 5.32 Å². The molecule has 1 aliphatic carbocycles. The summed E-state index contributed by atoms with van der Waals surface area (Å²) >= 11 is 0. The zero-order valence-corrected chi connectivity index (χ0v) is 13.3. The third-order valence-corrected chi connectivity index (χ3v) is 5.30. The molecule has 0 aromatic heterocycles. The van der Waals surface area contributed by atoms with Crippen LogP contribution in [0.2, 0.25) is 0 Å². The van der Waals surface area contributed by atoms with E-state index in [4.69, 9.17) is 0 Å². The smallest absolute Gasteiger partial charge is 0.115 e. The molecule has 3 heteroatoms. The molecule has 1 heterocycles. The highest BCUT2D eigenvalue weighted by Crippen LogP contribution is 2.35. The summed E-state index contributed by atoms with van der Waals surface area (Å²) in [6.45, 7) is 7.94. The van der Waals surface area contributed by atoms with E-state index in [0.717, 1.165) is 24.9 Å². The van der Waals surface area contributed by atoms with Crippen molar-refractivity contribution < 1.29 is 5.11 Å². The van der Waals surface area contributed by atoms with Gasteiger partial charge < -0.3 is 10.4 Å². The number of nitrogens with one attached hydrogen (secondary N) is 1. The third kappa shape index (κ3) is 3.58. The Morgan fingerprint density at radius 1 is 1.29 bits per heavy atom. The SMILES string of the molecule is CCC(C)C1CNC(C2CC2)CN1Cc1ccc(O)cc1. The highest BCUT2D eigenvalue weighted by Gasteiger charge is 2.38. The summed E-state index contributed by atoms with van der Waals surface area (Å²) in [7, 11) is 0. The molecule has 3 atom stereocenters. The fourth-order valence-corrected chi connectivity index (χ4v) is 3.52. The summed E-state index contributed by atoms with van der Waals surface area (Å²) in [5.41, 5.74) is 1.30. The molecule has 0 bridgehead atoms. The van der Waals surface area contributed by atoms with Crippen molar-refractivity contribution in [2.45, 2.75) is 51.7 Å². The molecule has 3 unspecified atom stereocenters. The lowest BCUT2D eigenvalue weighted by molar-refractivity contribution is 0.0787. The van der Waals surface area contributed by atoms with E-state index in [1.165, 1.54) is 31.4 Å². The number of hydrogen-bond acceptors (Lipinski definition) is 3. The Morgan fingerprint density at radius 3 is 2.62 bits per heavy atom. The van der Waals surface area contributed by atoms with E-state index in [-0.39, 0.29) is 0 Å². The Bertz CT molecular complexity index is 455. The molecule has 2 aliphatic rings. The number of benzene rings is 1. The molecule has 21 heavy (non-hydrogen) atoms. The van der Waals surface area contributed by atoms with Gasteiger partial charge in [0.25, 0.3) is 0 Å². The maximum atomic E-state index is 9.44. The maximum absolute atomic E-state index is 9.44. The monoisotopic (exact) mass is 288 g/mol. The topological polar surface area (TPSA) is 35.5 Å². The van der Waals surface area contributed by atoms with Crippen LogP contribution >= 0.6 is 0 Å². The van der Waals surface area contributed by atoms with Crippen LogP contribution in [0.3, 0.4) is 0 Å². The van der Waals surface area contributed by atoms with Crippen molar-refractivity contribution in [1.29, 1.82) is 0 Å². The minimum Gasteiger partial charge on any atom is -0.508 e. The van der Waals surface area contributed by atoms with Gasteiger partial charge in [0.1, 0.15) is 5.75 Å². The van der Waals surface area contributed by atoms with E-state index >= 15 is 0 Å². The lowest BCUT2D eigenvalue weighted by Crippen LogP contribution is -2.58. The summed E-state index contributed by atoms with van der Waals surface area (Å²) in [6, 6.07) is 9.01. The molecule has 1 aliphatic heterocycles. The zero-order chi connectivity index (χ0) is 14.8. The second-order valence-corrected chi connectivity index (χ2v) is 6.90. The van der Waals surface area contributed by atoms with Gasteiger partial charge in [0, 0.05) is 31.7 Å². The number of phenols is 1. The van der Waals surface area contributed by atoms with Gasteiger partial charge in [-0.05, 0) is 42.4 Å². The summed E-state index contributed by atoms with van der Waals surface area (Å²) in [5, 5.41) is 13.2. The van der Waals surface area contributed by atoms with Crippen molar-refractivity contribution in [3.63, 3.8) is 0 Å². The van der Waals surface area contributed by atoms with Crippen LogP contribution in [0.1, 0.15) is 38.7 Å². The molecule has 0 amide bonds. The van der Waals surface area contributed by atoms with Crippen LogP contribution in [0.4, 0.5) is 0 Å². The van der Waals surface area contributed by atoms with Crippen molar-refractivity contribution in [3.05, 3.63) is 29.8 Å². The normalized spacial score (nSPS) is 28.5. The van der Waals surface area contributed by atoms with Gasteiger partial charge in [0.05, 0.1) is 0 Å². The molecule has 1 aromatic rings. The standard InChI is InChI=1S/C18H28N2O/c1-3-13(2)18-10-19-17(15-6-7-15)12-20(18)11-14-4-8-16(21)9-5-14/h4-5,8-9,13,15,17-19,21H,3,6-7,10-12H2,1-2H3. The highest BCUT2D eigenvalue weighted by molar-refractivity contribution is 5.26. The molecule has 0 spiro atoms. The fraction of sp³-hybridized carbons (Fsp3) is 0.667. The minimum atomic E-state index is 0.355. The lowest BCUT2D eigenvalue weighted by Gasteiger charge is -2.43. The predicted octanol–water partition coefficient (Wildman–Crippen LogP) is 2.99. The van der Waals surface area contributed by atoms with Crippen molar-refractivity contribution in [3.8, 4) is 5.75 Å². The zero-order valence-electron chi connectivity index (χ0n) is 13.3. The second-order valence-electron chi connectivity index (χ2n) is 6.90. The summed E-state index contributed by atoms with van der Waals surface area (Å²) in [5.74, 6) is 1.98.